The van der Waals surface area contributed by atoms with Gasteiger partial charge in [0.05, 0.1) is 5.69 Å². The van der Waals surface area contributed by atoms with Crippen molar-refractivity contribution in [3.8, 4) is 0 Å². The number of carbonyl (C=O) groups is 1. The smallest absolute Gasteiger partial charge is 0.339 e. The molecule has 0 unspecified atom stereocenters. The summed E-state index contributed by atoms with van der Waals surface area (Å²) in [4.78, 5) is 17.2. The lowest BCUT2D eigenvalue weighted by atomic mass is 10.2. The zero-order valence-corrected chi connectivity index (χ0v) is 11.7. The molecule has 5 nitrogen and oxygen atoms in total. The van der Waals surface area contributed by atoms with E-state index in [1.807, 2.05) is 50.2 Å². The molecule has 0 atom stereocenters. The molecule has 0 aliphatic heterocycles. The number of pyridine rings is 1. The lowest BCUT2D eigenvalue weighted by Gasteiger charge is -2.14. The van der Waals surface area contributed by atoms with Gasteiger partial charge in [0.15, 0.2) is 0 Å². The van der Waals surface area contributed by atoms with Gasteiger partial charge in [0.25, 0.3) is 0 Å². The molecular weight excluding hydrogens is 254 g/mol. The molecule has 2 rings (SSSR count). The zero-order chi connectivity index (χ0) is 14.7. The van der Waals surface area contributed by atoms with E-state index in [1.165, 1.54) is 6.20 Å². The number of aryl methyl sites for hydroxylation is 1. The first kappa shape index (κ1) is 13.9. The fraction of sp³-hybridized carbons (Fsp3) is 0.200. The normalized spacial score (nSPS) is 10.2. The van der Waals surface area contributed by atoms with Gasteiger partial charge in [0.1, 0.15) is 5.56 Å². The number of carboxylic acid groups (broad SMARTS) is 1. The molecule has 1 aromatic heterocycles. The molecule has 0 saturated heterocycles. The molecule has 2 N–H and O–H groups in total. The van der Waals surface area contributed by atoms with E-state index in [9.17, 15) is 4.79 Å². The fourth-order valence-electron chi connectivity index (χ4n) is 1.83. The second-order valence-corrected chi connectivity index (χ2v) is 4.74. The van der Waals surface area contributed by atoms with Crippen LogP contribution in [0.25, 0.3) is 0 Å². The van der Waals surface area contributed by atoms with E-state index < -0.39 is 5.97 Å². The highest BCUT2D eigenvalue weighted by Crippen LogP contribution is 2.23. The zero-order valence-electron chi connectivity index (χ0n) is 11.7. The summed E-state index contributed by atoms with van der Waals surface area (Å²) in [5.41, 5.74) is 3.39. The number of nitrogens with one attached hydrogen (secondary N) is 1. The van der Waals surface area contributed by atoms with E-state index in [2.05, 4.69) is 10.3 Å². The minimum absolute atomic E-state index is 0.160. The molecule has 0 amide bonds. The Labute approximate surface area is 117 Å². The Balaban J connectivity index is 2.29. The lowest BCUT2D eigenvalue weighted by molar-refractivity contribution is 0.0697. The van der Waals surface area contributed by atoms with Crippen molar-refractivity contribution in [1.29, 1.82) is 0 Å². The summed E-state index contributed by atoms with van der Waals surface area (Å²) < 4.78 is 0. The summed E-state index contributed by atoms with van der Waals surface area (Å²) in [7, 11) is 3.94. The Hall–Kier alpha value is -2.56. The molecule has 1 aromatic carbocycles. The van der Waals surface area contributed by atoms with E-state index >= 15 is 0 Å². The fourth-order valence-corrected chi connectivity index (χ4v) is 1.83. The van der Waals surface area contributed by atoms with Crippen molar-refractivity contribution in [2.24, 2.45) is 0 Å². The van der Waals surface area contributed by atoms with E-state index in [0.29, 0.717) is 5.69 Å². The molecule has 0 saturated carbocycles. The number of rotatable bonds is 4. The Morgan fingerprint density at radius 2 is 1.90 bits per heavy atom. The number of hydrogen-bond acceptors (Lipinski definition) is 4. The average Bonchev–Trinajstić information content (AvgIpc) is 2.39. The second kappa shape index (κ2) is 5.61. The molecular formula is C15H17N3O2. The molecule has 0 aliphatic carbocycles. The van der Waals surface area contributed by atoms with Crippen molar-refractivity contribution >= 4 is 23.0 Å². The van der Waals surface area contributed by atoms with Crippen LogP contribution < -0.4 is 10.2 Å². The van der Waals surface area contributed by atoms with Crippen LogP contribution in [0.3, 0.4) is 0 Å². The van der Waals surface area contributed by atoms with Crippen molar-refractivity contribution in [3.63, 3.8) is 0 Å². The third-order valence-electron chi connectivity index (χ3n) is 2.93. The monoisotopic (exact) mass is 271 g/mol. The van der Waals surface area contributed by atoms with Gasteiger partial charge < -0.3 is 15.3 Å². The van der Waals surface area contributed by atoms with Crippen LogP contribution in [0.2, 0.25) is 0 Å². The number of nitrogens with zero attached hydrogens (tertiary/aromatic N) is 2. The highest BCUT2D eigenvalue weighted by atomic mass is 16.4. The summed E-state index contributed by atoms with van der Waals surface area (Å²) in [6, 6.07) is 9.49. The predicted molar refractivity (Wildman–Crippen MR) is 80.0 cm³/mol. The van der Waals surface area contributed by atoms with E-state index in [0.717, 1.165) is 17.1 Å². The second-order valence-electron chi connectivity index (χ2n) is 4.74. The average molecular weight is 271 g/mol. The van der Waals surface area contributed by atoms with Gasteiger partial charge >= 0.3 is 5.97 Å². The quantitative estimate of drug-likeness (QED) is 0.895. The van der Waals surface area contributed by atoms with Gasteiger partial charge in [-0.2, -0.15) is 0 Å². The van der Waals surface area contributed by atoms with E-state index in [1.54, 1.807) is 6.07 Å². The summed E-state index contributed by atoms with van der Waals surface area (Å²) in [6.45, 7) is 1.83. The van der Waals surface area contributed by atoms with Gasteiger partial charge in [-0.05, 0) is 37.3 Å². The van der Waals surface area contributed by atoms with Crippen LogP contribution in [0.1, 0.15) is 16.1 Å². The van der Waals surface area contributed by atoms with Crippen LogP contribution in [-0.4, -0.2) is 30.2 Å². The molecule has 104 valence electrons. The summed E-state index contributed by atoms with van der Waals surface area (Å²) in [5.74, 6) is -0.995. The number of benzene rings is 1. The molecule has 0 aliphatic rings. The highest BCUT2D eigenvalue weighted by Gasteiger charge is 2.11. The summed E-state index contributed by atoms with van der Waals surface area (Å²) >= 11 is 0. The molecule has 0 bridgehead atoms. The summed E-state index contributed by atoms with van der Waals surface area (Å²) in [5, 5.41) is 12.3. The van der Waals surface area contributed by atoms with E-state index in [4.69, 9.17) is 5.11 Å². The maximum atomic E-state index is 11.2. The lowest BCUT2D eigenvalue weighted by Crippen LogP contribution is -2.08. The topological polar surface area (TPSA) is 65.5 Å². The summed E-state index contributed by atoms with van der Waals surface area (Å²) in [6.07, 6.45) is 1.37. The van der Waals surface area contributed by atoms with Gasteiger partial charge in [-0.3, -0.25) is 4.98 Å². The maximum Gasteiger partial charge on any atom is 0.339 e. The Kier molecular flexibility index (Phi) is 3.89. The third kappa shape index (κ3) is 3.06. The van der Waals surface area contributed by atoms with Crippen LogP contribution in [0.5, 0.6) is 0 Å². The molecule has 20 heavy (non-hydrogen) atoms. The van der Waals surface area contributed by atoms with Gasteiger partial charge in [0, 0.05) is 37.4 Å². The molecule has 0 fully saturated rings. The highest BCUT2D eigenvalue weighted by molar-refractivity contribution is 5.94. The number of carboxylic acids is 1. The van der Waals surface area contributed by atoms with Gasteiger partial charge in [-0.1, -0.05) is 0 Å². The Morgan fingerprint density at radius 3 is 2.45 bits per heavy atom. The van der Waals surface area contributed by atoms with Gasteiger partial charge in [-0.25, -0.2) is 4.79 Å². The number of anilines is 3. The third-order valence-corrected chi connectivity index (χ3v) is 2.93. The number of hydrogen-bond donors (Lipinski definition) is 2. The minimum Gasteiger partial charge on any atom is -0.478 e. The van der Waals surface area contributed by atoms with E-state index in [-0.39, 0.29) is 5.56 Å². The van der Waals surface area contributed by atoms with Crippen LogP contribution >= 0.6 is 0 Å². The van der Waals surface area contributed by atoms with Crippen LogP contribution in [-0.2, 0) is 0 Å². The van der Waals surface area contributed by atoms with Crippen molar-refractivity contribution in [3.05, 3.63) is 47.8 Å². The van der Waals surface area contributed by atoms with Crippen LogP contribution in [0.4, 0.5) is 17.1 Å². The standard InChI is InChI=1S/C15H17N3O2/c1-10-8-14(13(9-16-10)15(19)20)17-11-4-6-12(7-5-11)18(2)3/h4-9H,1-3H3,(H,16,17)(H,19,20). The Morgan fingerprint density at radius 1 is 1.25 bits per heavy atom. The number of aromatic carboxylic acids is 1. The molecule has 0 spiro atoms. The Bertz CT molecular complexity index is 622. The SMILES string of the molecule is Cc1cc(Nc2ccc(N(C)C)cc2)c(C(=O)O)cn1. The number of aromatic nitrogens is 1. The first-order chi connectivity index (χ1) is 9.47. The van der Waals surface area contributed by atoms with Crippen LogP contribution in [0, 0.1) is 6.92 Å². The van der Waals surface area contributed by atoms with Crippen molar-refractivity contribution < 1.29 is 9.90 Å². The van der Waals surface area contributed by atoms with Crippen molar-refractivity contribution in [1.82, 2.24) is 4.98 Å². The van der Waals surface area contributed by atoms with Gasteiger partial charge in [-0.15, -0.1) is 0 Å². The first-order valence-corrected chi connectivity index (χ1v) is 6.21. The molecule has 1 heterocycles. The van der Waals surface area contributed by atoms with Crippen molar-refractivity contribution in [2.45, 2.75) is 6.92 Å². The predicted octanol–water partition coefficient (Wildman–Crippen LogP) is 2.90. The van der Waals surface area contributed by atoms with Crippen LogP contribution in [0.15, 0.2) is 36.5 Å². The first-order valence-electron chi connectivity index (χ1n) is 6.21. The minimum atomic E-state index is -0.995. The van der Waals surface area contributed by atoms with Gasteiger partial charge in [0.2, 0.25) is 0 Å². The molecule has 5 heteroatoms. The largest absolute Gasteiger partial charge is 0.478 e. The maximum absolute atomic E-state index is 11.2. The molecule has 0 radical (unpaired) electrons. The molecule has 2 aromatic rings. The van der Waals surface area contributed by atoms with Crippen molar-refractivity contribution in [2.75, 3.05) is 24.3 Å².